The second kappa shape index (κ2) is 14.2. The van der Waals surface area contributed by atoms with Crippen LogP contribution < -0.4 is 15.5 Å². The van der Waals surface area contributed by atoms with Gasteiger partial charge >= 0.3 is 0 Å². The number of ether oxygens (including phenoxy) is 2. The van der Waals surface area contributed by atoms with Crippen molar-refractivity contribution >= 4 is 11.6 Å². The van der Waals surface area contributed by atoms with E-state index in [0.717, 1.165) is 71.2 Å². The minimum absolute atomic E-state index is 0.651. The van der Waals surface area contributed by atoms with E-state index < -0.39 is 0 Å². The van der Waals surface area contributed by atoms with E-state index in [2.05, 4.69) is 55.8 Å². The Bertz CT molecular complexity index is 533. The van der Waals surface area contributed by atoms with Crippen molar-refractivity contribution in [3.8, 4) is 0 Å². The van der Waals surface area contributed by atoms with Crippen molar-refractivity contribution in [1.29, 1.82) is 0 Å². The summed E-state index contributed by atoms with van der Waals surface area (Å²) in [5.74, 6) is 0.866. The highest BCUT2D eigenvalue weighted by Crippen LogP contribution is 2.15. The van der Waals surface area contributed by atoms with E-state index in [1.165, 1.54) is 5.69 Å². The van der Waals surface area contributed by atoms with Crippen LogP contribution in [-0.4, -0.2) is 90.7 Å². The lowest BCUT2D eigenvalue weighted by Crippen LogP contribution is -2.47. The number of methoxy groups -OCH3 is 1. The van der Waals surface area contributed by atoms with E-state index in [0.29, 0.717) is 13.2 Å². The fraction of sp³-hybridized carbons (Fsp3) is 0.667. The lowest BCUT2D eigenvalue weighted by molar-refractivity contribution is 0.0698. The zero-order valence-corrected chi connectivity index (χ0v) is 17.5. The van der Waals surface area contributed by atoms with Gasteiger partial charge in [-0.25, -0.2) is 0 Å². The largest absolute Gasteiger partial charge is 0.382 e. The molecule has 1 aromatic rings. The van der Waals surface area contributed by atoms with Crippen LogP contribution in [0, 0.1) is 0 Å². The first-order chi connectivity index (χ1) is 13.8. The summed E-state index contributed by atoms with van der Waals surface area (Å²) in [5.41, 5.74) is 1.34. The van der Waals surface area contributed by atoms with Crippen LogP contribution in [0.25, 0.3) is 0 Å². The fourth-order valence-corrected chi connectivity index (χ4v) is 3.22. The summed E-state index contributed by atoms with van der Waals surface area (Å²) in [4.78, 5) is 9.30. The Morgan fingerprint density at radius 3 is 2.36 bits per heavy atom. The summed E-state index contributed by atoms with van der Waals surface area (Å²) in [6.45, 7) is 9.43. The van der Waals surface area contributed by atoms with Crippen molar-refractivity contribution in [2.75, 3.05) is 84.7 Å². The molecule has 1 aromatic carbocycles. The molecule has 7 nitrogen and oxygen atoms in total. The molecule has 158 valence electrons. The molecule has 1 saturated heterocycles. The lowest BCUT2D eigenvalue weighted by Gasteiger charge is -2.36. The van der Waals surface area contributed by atoms with Crippen molar-refractivity contribution in [2.24, 2.45) is 4.99 Å². The third kappa shape index (κ3) is 8.91. The van der Waals surface area contributed by atoms with E-state index in [1.54, 1.807) is 7.11 Å². The maximum Gasteiger partial charge on any atom is 0.190 e. The van der Waals surface area contributed by atoms with Gasteiger partial charge in [0, 0.05) is 65.7 Å². The zero-order chi connectivity index (χ0) is 19.9. The molecule has 0 aromatic heterocycles. The van der Waals surface area contributed by atoms with E-state index >= 15 is 0 Å². The van der Waals surface area contributed by atoms with E-state index in [4.69, 9.17) is 9.47 Å². The van der Waals surface area contributed by atoms with Gasteiger partial charge in [0.15, 0.2) is 5.96 Å². The number of hydrogen-bond acceptors (Lipinski definition) is 5. The van der Waals surface area contributed by atoms with Crippen molar-refractivity contribution in [3.05, 3.63) is 30.3 Å². The van der Waals surface area contributed by atoms with E-state index in [1.807, 2.05) is 7.05 Å². The predicted octanol–water partition coefficient (Wildman–Crippen LogP) is 1.42. The highest BCUT2D eigenvalue weighted by Gasteiger charge is 2.16. The van der Waals surface area contributed by atoms with Crippen LogP contribution in [0.2, 0.25) is 0 Å². The number of nitrogens with one attached hydrogen (secondary N) is 2. The Labute approximate surface area is 170 Å². The molecule has 0 atom stereocenters. The average Bonchev–Trinajstić information content (AvgIpc) is 2.75. The van der Waals surface area contributed by atoms with E-state index in [9.17, 15) is 0 Å². The number of aliphatic imine (C=N–C) groups is 1. The van der Waals surface area contributed by atoms with Crippen molar-refractivity contribution in [3.63, 3.8) is 0 Å². The second-order valence-electron chi connectivity index (χ2n) is 6.90. The Hall–Kier alpha value is -1.83. The third-order valence-corrected chi connectivity index (χ3v) is 4.85. The Morgan fingerprint density at radius 1 is 0.964 bits per heavy atom. The van der Waals surface area contributed by atoms with Crippen LogP contribution >= 0.6 is 0 Å². The highest BCUT2D eigenvalue weighted by molar-refractivity contribution is 5.79. The number of benzene rings is 1. The number of anilines is 1. The summed E-state index contributed by atoms with van der Waals surface area (Å²) < 4.78 is 10.4. The second-order valence-corrected chi connectivity index (χ2v) is 6.90. The number of hydrogen-bond donors (Lipinski definition) is 2. The highest BCUT2D eigenvalue weighted by atomic mass is 16.5. The molecule has 0 aliphatic carbocycles. The van der Waals surface area contributed by atoms with Crippen LogP contribution in [0.1, 0.15) is 12.8 Å². The molecule has 1 aliphatic rings. The Balaban J connectivity index is 1.49. The first kappa shape index (κ1) is 22.5. The molecule has 0 amide bonds. The van der Waals surface area contributed by atoms with Crippen LogP contribution in [0.3, 0.4) is 0 Å². The van der Waals surface area contributed by atoms with Crippen LogP contribution in [-0.2, 0) is 9.47 Å². The zero-order valence-electron chi connectivity index (χ0n) is 17.5. The molecule has 0 radical (unpaired) electrons. The molecular weight excluding hydrogens is 354 g/mol. The summed E-state index contributed by atoms with van der Waals surface area (Å²) in [6.07, 6.45) is 2.07. The maximum absolute atomic E-state index is 5.46. The number of piperazine rings is 1. The molecule has 1 aliphatic heterocycles. The van der Waals surface area contributed by atoms with Crippen LogP contribution in [0.15, 0.2) is 35.3 Å². The molecule has 0 unspecified atom stereocenters. The predicted molar refractivity (Wildman–Crippen MR) is 116 cm³/mol. The van der Waals surface area contributed by atoms with Gasteiger partial charge in [-0.2, -0.15) is 0 Å². The first-order valence-electron chi connectivity index (χ1n) is 10.4. The quantitative estimate of drug-likeness (QED) is 0.319. The topological polar surface area (TPSA) is 61.4 Å². The smallest absolute Gasteiger partial charge is 0.190 e. The van der Waals surface area contributed by atoms with Gasteiger partial charge in [0.2, 0.25) is 0 Å². The lowest BCUT2D eigenvalue weighted by atomic mass is 10.2. The first-order valence-corrected chi connectivity index (χ1v) is 10.4. The number of rotatable bonds is 12. The van der Waals surface area contributed by atoms with Gasteiger partial charge in [-0.15, -0.1) is 0 Å². The van der Waals surface area contributed by atoms with Gasteiger partial charge in [-0.1, -0.05) is 18.2 Å². The minimum Gasteiger partial charge on any atom is -0.382 e. The van der Waals surface area contributed by atoms with Crippen molar-refractivity contribution in [1.82, 2.24) is 15.5 Å². The average molecular weight is 392 g/mol. The summed E-state index contributed by atoms with van der Waals surface area (Å²) in [7, 11) is 3.50. The number of para-hydroxylation sites is 1. The van der Waals surface area contributed by atoms with Gasteiger partial charge in [0.1, 0.15) is 0 Å². The van der Waals surface area contributed by atoms with Gasteiger partial charge in [0.05, 0.1) is 13.2 Å². The molecule has 0 saturated carbocycles. The summed E-state index contributed by atoms with van der Waals surface area (Å²) in [6, 6.07) is 10.7. The Kier molecular flexibility index (Phi) is 11.4. The van der Waals surface area contributed by atoms with Crippen LogP contribution in [0.4, 0.5) is 5.69 Å². The monoisotopic (exact) mass is 391 g/mol. The normalized spacial score (nSPS) is 15.6. The van der Waals surface area contributed by atoms with E-state index in [-0.39, 0.29) is 0 Å². The molecule has 7 heteroatoms. The summed E-state index contributed by atoms with van der Waals surface area (Å²) >= 11 is 0. The molecule has 2 rings (SSSR count). The molecule has 1 fully saturated rings. The van der Waals surface area contributed by atoms with Crippen molar-refractivity contribution in [2.45, 2.75) is 12.8 Å². The van der Waals surface area contributed by atoms with Crippen LogP contribution in [0.5, 0.6) is 0 Å². The van der Waals surface area contributed by atoms with Gasteiger partial charge in [0.25, 0.3) is 0 Å². The minimum atomic E-state index is 0.651. The number of nitrogens with zero attached hydrogens (tertiary/aromatic N) is 3. The molecule has 28 heavy (non-hydrogen) atoms. The third-order valence-electron chi connectivity index (χ3n) is 4.85. The standard InChI is InChI=1S/C21H37N5O2/c1-22-21(24-11-7-17-28-19-18-27-2)23-10-6-12-25-13-15-26(16-14-25)20-8-4-3-5-9-20/h3-5,8-9H,6-7,10-19H2,1-2H3,(H2,22,23,24). The fourth-order valence-electron chi connectivity index (χ4n) is 3.22. The van der Waals surface area contributed by atoms with Gasteiger partial charge < -0.3 is 25.0 Å². The molecular formula is C21H37N5O2. The van der Waals surface area contributed by atoms with Crippen molar-refractivity contribution < 1.29 is 9.47 Å². The summed E-state index contributed by atoms with van der Waals surface area (Å²) in [5, 5.41) is 6.73. The van der Waals surface area contributed by atoms with Gasteiger partial charge in [-0.3, -0.25) is 9.89 Å². The number of guanidine groups is 1. The van der Waals surface area contributed by atoms with Gasteiger partial charge in [-0.05, 0) is 31.5 Å². The SMILES string of the molecule is CN=C(NCCCOCCOC)NCCCN1CCN(c2ccccc2)CC1. The Morgan fingerprint density at radius 2 is 1.68 bits per heavy atom. The molecule has 1 heterocycles. The molecule has 0 bridgehead atoms. The maximum atomic E-state index is 5.46. The molecule has 0 spiro atoms. The molecule has 2 N–H and O–H groups in total.